The van der Waals surface area contributed by atoms with Gasteiger partial charge >= 0.3 is 0 Å². The number of aromatic nitrogens is 1. The van der Waals surface area contributed by atoms with Crippen LogP contribution in [0.1, 0.15) is 17.2 Å². The summed E-state index contributed by atoms with van der Waals surface area (Å²) in [4.78, 5) is 3.94. The zero-order chi connectivity index (χ0) is 13.9. The van der Waals surface area contributed by atoms with E-state index in [4.69, 9.17) is 21.1 Å². The lowest BCUT2D eigenvalue weighted by atomic mass is 10.0. The monoisotopic (exact) mass is 291 g/mol. The second-order valence-electron chi connectivity index (χ2n) is 4.56. The maximum Gasteiger partial charge on any atom is 0.167 e. The van der Waals surface area contributed by atoms with E-state index in [9.17, 15) is 5.11 Å². The first-order valence-corrected chi connectivity index (χ1v) is 6.78. The number of benzene rings is 1. The van der Waals surface area contributed by atoms with Crippen molar-refractivity contribution >= 4 is 11.6 Å². The Morgan fingerprint density at radius 3 is 2.95 bits per heavy atom. The van der Waals surface area contributed by atoms with E-state index in [-0.39, 0.29) is 0 Å². The Balaban J connectivity index is 1.88. The Bertz CT molecular complexity index is 618. The summed E-state index contributed by atoms with van der Waals surface area (Å²) in [6.07, 6.45) is 2.94. The number of para-hydroxylation sites is 1. The standard InChI is InChI=1S/C15H14ClNO3/c16-12-9-17-5-4-10(12)8-13(18)11-2-1-3-14-15(11)20-7-6-19-14/h1-5,9,13,18H,6-8H2. The molecule has 2 heterocycles. The van der Waals surface area contributed by atoms with Crippen molar-refractivity contribution < 1.29 is 14.6 Å². The molecule has 1 atom stereocenters. The van der Waals surface area contributed by atoms with Crippen LogP contribution in [0.2, 0.25) is 5.02 Å². The van der Waals surface area contributed by atoms with Crippen molar-refractivity contribution in [3.63, 3.8) is 0 Å². The molecule has 1 aliphatic heterocycles. The quantitative estimate of drug-likeness (QED) is 0.945. The lowest BCUT2D eigenvalue weighted by Gasteiger charge is -2.23. The number of halogens is 1. The summed E-state index contributed by atoms with van der Waals surface area (Å²) in [6, 6.07) is 7.33. The number of rotatable bonds is 3. The topological polar surface area (TPSA) is 51.6 Å². The summed E-state index contributed by atoms with van der Waals surface area (Å²) in [5.41, 5.74) is 1.57. The minimum absolute atomic E-state index is 0.404. The van der Waals surface area contributed by atoms with Crippen LogP contribution in [-0.2, 0) is 6.42 Å². The van der Waals surface area contributed by atoms with Crippen molar-refractivity contribution in [2.75, 3.05) is 13.2 Å². The Kier molecular flexibility index (Phi) is 3.76. The van der Waals surface area contributed by atoms with Gasteiger partial charge in [-0.3, -0.25) is 4.98 Å². The SMILES string of the molecule is OC(Cc1ccncc1Cl)c1cccc2c1OCCO2. The van der Waals surface area contributed by atoms with Gasteiger partial charge in [-0.1, -0.05) is 23.7 Å². The molecule has 0 saturated carbocycles. The predicted molar refractivity (Wildman–Crippen MR) is 75.3 cm³/mol. The first-order chi connectivity index (χ1) is 9.75. The summed E-state index contributed by atoms with van der Waals surface area (Å²) in [7, 11) is 0. The molecule has 0 spiro atoms. The molecular weight excluding hydrogens is 278 g/mol. The number of fused-ring (bicyclic) bond motifs is 1. The number of ether oxygens (including phenoxy) is 2. The van der Waals surface area contributed by atoms with E-state index < -0.39 is 6.10 Å². The van der Waals surface area contributed by atoms with Crippen molar-refractivity contribution in [2.24, 2.45) is 0 Å². The van der Waals surface area contributed by atoms with Gasteiger partial charge < -0.3 is 14.6 Å². The van der Waals surface area contributed by atoms with E-state index >= 15 is 0 Å². The summed E-state index contributed by atoms with van der Waals surface area (Å²) >= 11 is 6.07. The molecule has 1 aromatic heterocycles. The van der Waals surface area contributed by atoms with Crippen LogP contribution in [0.4, 0.5) is 0 Å². The lowest BCUT2D eigenvalue weighted by Crippen LogP contribution is -2.17. The zero-order valence-electron chi connectivity index (χ0n) is 10.8. The third-order valence-corrected chi connectivity index (χ3v) is 3.57. The van der Waals surface area contributed by atoms with Crippen molar-refractivity contribution in [3.05, 3.63) is 52.8 Å². The molecule has 0 amide bonds. The van der Waals surface area contributed by atoms with Crippen molar-refractivity contribution in [2.45, 2.75) is 12.5 Å². The Morgan fingerprint density at radius 2 is 2.10 bits per heavy atom. The fourth-order valence-electron chi connectivity index (χ4n) is 2.25. The molecule has 1 N–H and O–H groups in total. The highest BCUT2D eigenvalue weighted by Gasteiger charge is 2.21. The van der Waals surface area contributed by atoms with Gasteiger partial charge in [0.05, 0.1) is 11.1 Å². The number of pyridine rings is 1. The average molecular weight is 292 g/mol. The van der Waals surface area contributed by atoms with Crippen LogP contribution in [0.3, 0.4) is 0 Å². The molecule has 5 heteroatoms. The van der Waals surface area contributed by atoms with Gasteiger partial charge in [0.25, 0.3) is 0 Å². The normalized spacial score (nSPS) is 14.9. The van der Waals surface area contributed by atoms with E-state index in [0.29, 0.717) is 36.2 Å². The van der Waals surface area contributed by atoms with Crippen LogP contribution in [0.5, 0.6) is 11.5 Å². The van der Waals surface area contributed by atoms with E-state index in [2.05, 4.69) is 4.98 Å². The molecule has 104 valence electrons. The number of hydrogen-bond donors (Lipinski definition) is 1. The number of aliphatic hydroxyl groups is 1. The number of hydrogen-bond acceptors (Lipinski definition) is 4. The van der Waals surface area contributed by atoms with E-state index in [1.165, 1.54) is 0 Å². The molecule has 0 bridgehead atoms. The van der Waals surface area contributed by atoms with Gasteiger partial charge in [-0.05, 0) is 17.7 Å². The predicted octanol–water partition coefficient (Wildman–Crippen LogP) is 2.78. The molecule has 1 aliphatic rings. The van der Waals surface area contributed by atoms with Crippen LogP contribution in [0.25, 0.3) is 0 Å². The van der Waals surface area contributed by atoms with Gasteiger partial charge in [0.2, 0.25) is 0 Å². The molecule has 1 aromatic carbocycles. The maximum atomic E-state index is 10.4. The molecule has 0 saturated heterocycles. The molecule has 3 rings (SSSR count). The Labute approximate surface area is 121 Å². The summed E-state index contributed by atoms with van der Waals surface area (Å²) in [6.45, 7) is 1.02. The van der Waals surface area contributed by atoms with E-state index in [1.54, 1.807) is 18.5 Å². The van der Waals surface area contributed by atoms with Crippen molar-refractivity contribution in [3.8, 4) is 11.5 Å². The average Bonchev–Trinajstić information content (AvgIpc) is 2.49. The Morgan fingerprint density at radius 1 is 1.25 bits per heavy atom. The molecule has 0 fully saturated rings. The van der Waals surface area contributed by atoms with E-state index in [1.807, 2.05) is 18.2 Å². The van der Waals surface area contributed by atoms with Crippen LogP contribution >= 0.6 is 11.6 Å². The van der Waals surface area contributed by atoms with Crippen molar-refractivity contribution in [1.29, 1.82) is 0 Å². The smallest absolute Gasteiger partial charge is 0.167 e. The van der Waals surface area contributed by atoms with Gasteiger partial charge in [-0.2, -0.15) is 0 Å². The minimum atomic E-state index is -0.702. The molecule has 2 aromatic rings. The third-order valence-electron chi connectivity index (χ3n) is 3.23. The molecule has 0 radical (unpaired) electrons. The molecule has 20 heavy (non-hydrogen) atoms. The van der Waals surface area contributed by atoms with Gasteiger partial charge in [0, 0.05) is 24.4 Å². The largest absolute Gasteiger partial charge is 0.486 e. The highest BCUT2D eigenvalue weighted by molar-refractivity contribution is 6.31. The number of aliphatic hydroxyl groups excluding tert-OH is 1. The maximum absolute atomic E-state index is 10.4. The second-order valence-corrected chi connectivity index (χ2v) is 4.97. The third kappa shape index (κ3) is 2.57. The Hall–Kier alpha value is -1.78. The summed E-state index contributed by atoms with van der Waals surface area (Å²) < 4.78 is 11.1. The van der Waals surface area contributed by atoms with Gasteiger partial charge in [0.15, 0.2) is 11.5 Å². The fraction of sp³-hybridized carbons (Fsp3) is 0.267. The summed E-state index contributed by atoms with van der Waals surface area (Å²) in [5.74, 6) is 1.30. The van der Waals surface area contributed by atoms with Gasteiger partial charge in [-0.25, -0.2) is 0 Å². The van der Waals surface area contributed by atoms with Gasteiger partial charge in [0.1, 0.15) is 13.2 Å². The van der Waals surface area contributed by atoms with Crippen LogP contribution in [0, 0.1) is 0 Å². The molecule has 1 unspecified atom stereocenters. The number of nitrogens with zero attached hydrogens (tertiary/aromatic N) is 1. The second kappa shape index (κ2) is 5.69. The van der Waals surface area contributed by atoms with Crippen LogP contribution < -0.4 is 9.47 Å². The van der Waals surface area contributed by atoms with Crippen LogP contribution in [-0.4, -0.2) is 23.3 Å². The highest BCUT2D eigenvalue weighted by atomic mass is 35.5. The highest BCUT2D eigenvalue weighted by Crippen LogP contribution is 2.38. The lowest BCUT2D eigenvalue weighted by molar-refractivity contribution is 0.146. The summed E-state index contributed by atoms with van der Waals surface area (Å²) in [5, 5.41) is 11.0. The van der Waals surface area contributed by atoms with Gasteiger partial charge in [-0.15, -0.1) is 0 Å². The first kappa shape index (κ1) is 13.2. The molecule has 4 nitrogen and oxygen atoms in total. The zero-order valence-corrected chi connectivity index (χ0v) is 11.5. The molecular formula is C15H14ClNO3. The minimum Gasteiger partial charge on any atom is -0.486 e. The first-order valence-electron chi connectivity index (χ1n) is 6.40. The van der Waals surface area contributed by atoms with Crippen molar-refractivity contribution in [1.82, 2.24) is 4.98 Å². The van der Waals surface area contributed by atoms with Crippen LogP contribution in [0.15, 0.2) is 36.7 Å². The fourth-order valence-corrected chi connectivity index (χ4v) is 2.44. The molecule has 0 aliphatic carbocycles. The van der Waals surface area contributed by atoms with E-state index in [0.717, 1.165) is 11.1 Å².